The van der Waals surface area contributed by atoms with Gasteiger partial charge in [0.25, 0.3) is 0 Å². The minimum atomic E-state index is -0.421. The van der Waals surface area contributed by atoms with Gasteiger partial charge in [0.05, 0.1) is 16.7 Å². The Morgan fingerprint density at radius 1 is 1.15 bits per heavy atom. The van der Waals surface area contributed by atoms with Crippen LogP contribution >= 0.6 is 0 Å². The van der Waals surface area contributed by atoms with Gasteiger partial charge in [-0.05, 0) is 39.2 Å². The van der Waals surface area contributed by atoms with Gasteiger partial charge in [0.1, 0.15) is 0 Å². The van der Waals surface area contributed by atoms with E-state index in [-0.39, 0.29) is 11.2 Å². The lowest BCUT2D eigenvalue weighted by Gasteiger charge is -2.32. The SMILES string of the molecule is Cn1nc(N)c2c(B3OC(C)(C)C(C)(C)O3)cccc21. The van der Waals surface area contributed by atoms with Gasteiger partial charge in [-0.15, -0.1) is 0 Å². The molecule has 20 heavy (non-hydrogen) atoms. The maximum atomic E-state index is 6.11. The summed E-state index contributed by atoms with van der Waals surface area (Å²) in [5, 5.41) is 5.19. The van der Waals surface area contributed by atoms with Crippen LogP contribution < -0.4 is 11.2 Å². The third-order valence-corrected chi connectivity index (χ3v) is 4.44. The Morgan fingerprint density at radius 2 is 1.75 bits per heavy atom. The zero-order valence-corrected chi connectivity index (χ0v) is 12.6. The minimum Gasteiger partial charge on any atom is -0.399 e. The summed E-state index contributed by atoms with van der Waals surface area (Å²) >= 11 is 0. The van der Waals surface area contributed by atoms with Crippen LogP contribution in [-0.2, 0) is 16.4 Å². The first-order valence-corrected chi connectivity index (χ1v) is 6.80. The molecule has 1 aromatic carbocycles. The second-order valence-electron chi connectivity index (χ2n) is 6.34. The Hall–Kier alpha value is -1.53. The van der Waals surface area contributed by atoms with E-state index >= 15 is 0 Å². The van der Waals surface area contributed by atoms with Crippen LogP contribution in [0.4, 0.5) is 5.82 Å². The van der Waals surface area contributed by atoms with Crippen LogP contribution in [-0.4, -0.2) is 28.1 Å². The lowest BCUT2D eigenvalue weighted by Crippen LogP contribution is -2.41. The van der Waals surface area contributed by atoms with Crippen molar-refractivity contribution in [1.82, 2.24) is 9.78 Å². The molecule has 3 rings (SSSR count). The Balaban J connectivity index is 2.13. The average Bonchev–Trinajstić information content (AvgIpc) is 2.74. The molecule has 1 aromatic heterocycles. The number of nitrogens with two attached hydrogens (primary N) is 1. The number of anilines is 1. The first-order valence-electron chi connectivity index (χ1n) is 6.80. The maximum Gasteiger partial charge on any atom is 0.495 e. The second-order valence-corrected chi connectivity index (χ2v) is 6.34. The third-order valence-electron chi connectivity index (χ3n) is 4.44. The van der Waals surface area contributed by atoms with E-state index in [1.165, 1.54) is 0 Å². The summed E-state index contributed by atoms with van der Waals surface area (Å²) in [5.74, 6) is 0.507. The highest BCUT2D eigenvalue weighted by Gasteiger charge is 2.52. The zero-order chi connectivity index (χ0) is 14.7. The van der Waals surface area contributed by atoms with Crippen LogP contribution in [0.3, 0.4) is 0 Å². The highest BCUT2D eigenvalue weighted by molar-refractivity contribution is 6.65. The van der Waals surface area contributed by atoms with Crippen molar-refractivity contribution < 1.29 is 9.31 Å². The molecule has 0 unspecified atom stereocenters. The number of rotatable bonds is 1. The number of nitrogen functional groups attached to an aromatic ring is 1. The molecule has 0 atom stereocenters. The van der Waals surface area contributed by atoms with E-state index in [0.29, 0.717) is 5.82 Å². The fourth-order valence-corrected chi connectivity index (χ4v) is 2.54. The molecule has 0 aliphatic carbocycles. The monoisotopic (exact) mass is 273 g/mol. The van der Waals surface area contributed by atoms with Crippen molar-refractivity contribution in [3.05, 3.63) is 18.2 Å². The minimum absolute atomic E-state index is 0.364. The van der Waals surface area contributed by atoms with Gasteiger partial charge in [-0.2, -0.15) is 5.10 Å². The van der Waals surface area contributed by atoms with Crippen molar-refractivity contribution >= 4 is 29.3 Å². The van der Waals surface area contributed by atoms with Crippen LogP contribution in [0.1, 0.15) is 27.7 Å². The lowest BCUT2D eigenvalue weighted by atomic mass is 9.77. The molecule has 2 aromatic rings. The summed E-state index contributed by atoms with van der Waals surface area (Å²) in [6.45, 7) is 8.17. The van der Waals surface area contributed by atoms with Crippen LogP contribution in [0.5, 0.6) is 0 Å². The van der Waals surface area contributed by atoms with Crippen LogP contribution in [0, 0.1) is 0 Å². The summed E-state index contributed by atoms with van der Waals surface area (Å²) in [6, 6.07) is 5.96. The summed E-state index contributed by atoms with van der Waals surface area (Å²) in [6.07, 6.45) is 0. The van der Waals surface area contributed by atoms with Crippen molar-refractivity contribution in [3.8, 4) is 0 Å². The fraction of sp³-hybridized carbons (Fsp3) is 0.500. The summed E-state index contributed by atoms with van der Waals surface area (Å²) < 4.78 is 14.0. The molecule has 5 nitrogen and oxygen atoms in total. The van der Waals surface area contributed by atoms with Crippen molar-refractivity contribution in [2.75, 3.05) is 5.73 Å². The normalized spacial score (nSPS) is 20.8. The second kappa shape index (κ2) is 3.99. The molecule has 6 heteroatoms. The summed E-state index contributed by atoms with van der Waals surface area (Å²) in [4.78, 5) is 0. The Bertz CT molecular complexity index is 662. The largest absolute Gasteiger partial charge is 0.495 e. The van der Waals surface area contributed by atoms with Gasteiger partial charge in [-0.25, -0.2) is 0 Å². The lowest BCUT2D eigenvalue weighted by molar-refractivity contribution is 0.00578. The molecule has 0 saturated carbocycles. The number of aryl methyl sites for hydroxylation is 1. The van der Waals surface area contributed by atoms with Gasteiger partial charge in [0, 0.05) is 12.4 Å². The highest BCUT2D eigenvalue weighted by atomic mass is 16.7. The van der Waals surface area contributed by atoms with E-state index < -0.39 is 7.12 Å². The third kappa shape index (κ3) is 1.75. The van der Waals surface area contributed by atoms with E-state index in [1.807, 2.05) is 52.9 Å². The topological polar surface area (TPSA) is 62.3 Å². The molecule has 0 bridgehead atoms. The Kier molecular flexibility index (Phi) is 2.69. The Labute approximate surface area is 119 Å². The highest BCUT2D eigenvalue weighted by Crippen LogP contribution is 2.37. The van der Waals surface area contributed by atoms with Gasteiger partial charge >= 0.3 is 7.12 Å². The first-order chi connectivity index (χ1) is 9.23. The van der Waals surface area contributed by atoms with Gasteiger partial charge in [0.15, 0.2) is 5.82 Å². The van der Waals surface area contributed by atoms with Gasteiger partial charge in [-0.3, -0.25) is 4.68 Å². The quantitative estimate of drug-likeness (QED) is 0.799. The number of nitrogens with zero attached hydrogens (tertiary/aromatic N) is 2. The predicted molar refractivity (Wildman–Crippen MR) is 80.8 cm³/mol. The number of benzene rings is 1. The molecule has 1 aliphatic rings. The molecule has 106 valence electrons. The van der Waals surface area contributed by atoms with Crippen molar-refractivity contribution in [2.24, 2.45) is 7.05 Å². The first kappa shape index (κ1) is 13.5. The molecule has 2 N–H and O–H groups in total. The number of aromatic nitrogens is 2. The van der Waals surface area contributed by atoms with Crippen molar-refractivity contribution in [2.45, 2.75) is 38.9 Å². The molecule has 1 aliphatic heterocycles. The van der Waals surface area contributed by atoms with Crippen LogP contribution in [0.15, 0.2) is 18.2 Å². The van der Waals surface area contributed by atoms with Crippen molar-refractivity contribution in [3.63, 3.8) is 0 Å². The van der Waals surface area contributed by atoms with Gasteiger partial charge in [0.2, 0.25) is 0 Å². The van der Waals surface area contributed by atoms with Crippen LogP contribution in [0.2, 0.25) is 0 Å². The maximum absolute atomic E-state index is 6.11. The van der Waals surface area contributed by atoms with Crippen molar-refractivity contribution in [1.29, 1.82) is 0 Å². The smallest absolute Gasteiger partial charge is 0.399 e. The molecular weight excluding hydrogens is 253 g/mol. The number of hydrogen-bond donors (Lipinski definition) is 1. The molecule has 0 amide bonds. The molecule has 0 spiro atoms. The van der Waals surface area contributed by atoms with E-state index in [0.717, 1.165) is 16.4 Å². The molecular formula is C14H20BN3O2. The standard InChI is InChI=1S/C14H20BN3O2/c1-13(2)14(3,4)20-15(19-13)9-7-6-8-10-11(9)12(16)17-18(10)5/h6-8H,1-5H3,(H2,16,17). The molecule has 1 fully saturated rings. The average molecular weight is 273 g/mol. The number of hydrogen-bond acceptors (Lipinski definition) is 4. The fourth-order valence-electron chi connectivity index (χ4n) is 2.54. The van der Waals surface area contributed by atoms with E-state index in [4.69, 9.17) is 15.0 Å². The number of fused-ring (bicyclic) bond motifs is 1. The molecule has 1 saturated heterocycles. The van der Waals surface area contributed by atoms with E-state index in [9.17, 15) is 0 Å². The van der Waals surface area contributed by atoms with Gasteiger partial charge in [-0.1, -0.05) is 12.1 Å². The van der Waals surface area contributed by atoms with Crippen LogP contribution in [0.25, 0.3) is 10.9 Å². The zero-order valence-electron chi connectivity index (χ0n) is 12.6. The summed E-state index contributed by atoms with van der Waals surface area (Å²) in [7, 11) is 1.46. The predicted octanol–water partition coefficient (Wildman–Crippen LogP) is 1.45. The molecule has 0 radical (unpaired) electrons. The molecule has 2 heterocycles. The summed E-state index contributed by atoms with van der Waals surface area (Å²) in [5.41, 5.74) is 7.23. The van der Waals surface area contributed by atoms with Gasteiger partial charge < -0.3 is 15.0 Å². The van der Waals surface area contributed by atoms with E-state index in [1.54, 1.807) is 4.68 Å². The van der Waals surface area contributed by atoms with E-state index in [2.05, 4.69) is 5.10 Å². The Morgan fingerprint density at radius 3 is 2.35 bits per heavy atom.